The van der Waals surface area contributed by atoms with Gasteiger partial charge < -0.3 is 20.2 Å². The molecule has 0 saturated carbocycles. The maximum absolute atomic E-state index is 12.1. The third kappa shape index (κ3) is 14.1. The number of hydrogen-bond acceptors (Lipinski definition) is 4. The topological polar surface area (TPSA) is 72.9 Å². The highest BCUT2D eigenvalue weighted by Gasteiger charge is 2.16. The molecule has 0 spiro atoms. The van der Waals surface area contributed by atoms with E-state index in [4.69, 9.17) is 5.11 Å². The monoisotopic (exact) mass is 419 g/mol. The molecule has 30 heavy (non-hydrogen) atoms. The molecule has 0 aromatic heterocycles. The number of hydrogen-bond donors (Lipinski definition) is 2. The Morgan fingerprint density at radius 1 is 0.933 bits per heavy atom. The Morgan fingerprint density at radius 2 is 1.57 bits per heavy atom. The Morgan fingerprint density at radius 3 is 2.20 bits per heavy atom. The Kier molecular flexibility index (Phi) is 13.8. The number of rotatable bonds is 17. The second kappa shape index (κ2) is 15.9. The van der Waals surface area contributed by atoms with Crippen LogP contribution in [0.25, 0.3) is 0 Å². The van der Waals surface area contributed by atoms with E-state index in [1.807, 2.05) is 19.0 Å². The lowest BCUT2D eigenvalue weighted by molar-refractivity contribution is -0.137. The summed E-state index contributed by atoms with van der Waals surface area (Å²) in [4.78, 5) is 27.3. The number of nitrogens with one attached hydrogen (secondary N) is 1. The third-order valence-corrected chi connectivity index (χ3v) is 5.19. The molecule has 0 aliphatic carbocycles. The van der Waals surface area contributed by atoms with Gasteiger partial charge in [0.15, 0.2) is 0 Å². The van der Waals surface area contributed by atoms with E-state index in [0.717, 1.165) is 38.8 Å². The van der Waals surface area contributed by atoms with Gasteiger partial charge in [-0.05, 0) is 52.5 Å². The van der Waals surface area contributed by atoms with E-state index in [1.165, 1.54) is 24.8 Å². The molecule has 1 atom stereocenters. The third-order valence-electron chi connectivity index (χ3n) is 5.19. The molecule has 0 aliphatic rings. The molecule has 0 heterocycles. The van der Waals surface area contributed by atoms with Crippen molar-refractivity contribution in [1.82, 2.24) is 15.1 Å². The molecule has 2 N–H and O–H groups in total. The van der Waals surface area contributed by atoms with E-state index in [9.17, 15) is 9.59 Å². The maximum atomic E-state index is 12.1. The number of benzene rings is 1. The minimum Gasteiger partial charge on any atom is -0.481 e. The zero-order valence-corrected chi connectivity index (χ0v) is 19.1. The average molecular weight is 420 g/mol. The zero-order chi connectivity index (χ0) is 22.2. The molecule has 0 radical (unpaired) electrons. The van der Waals surface area contributed by atoms with Crippen molar-refractivity contribution >= 4 is 11.9 Å². The van der Waals surface area contributed by atoms with Crippen molar-refractivity contribution in [2.45, 2.75) is 63.8 Å². The summed E-state index contributed by atoms with van der Waals surface area (Å²) >= 11 is 0. The van der Waals surface area contributed by atoms with Crippen molar-refractivity contribution in [2.24, 2.45) is 0 Å². The van der Waals surface area contributed by atoms with Gasteiger partial charge in [-0.2, -0.15) is 0 Å². The van der Waals surface area contributed by atoms with Crippen LogP contribution in [0.15, 0.2) is 30.3 Å². The van der Waals surface area contributed by atoms with Crippen molar-refractivity contribution in [2.75, 3.05) is 40.8 Å². The molecule has 1 unspecified atom stereocenters. The Bertz CT molecular complexity index is 593. The Balaban J connectivity index is 2.01. The largest absolute Gasteiger partial charge is 0.481 e. The van der Waals surface area contributed by atoms with Crippen molar-refractivity contribution in [3.8, 4) is 0 Å². The number of unbranched alkanes of at least 4 members (excludes halogenated alkanes) is 5. The number of carbonyl (C=O) groups excluding carboxylic acids is 1. The number of carbonyl (C=O) groups is 2. The summed E-state index contributed by atoms with van der Waals surface area (Å²) in [5.74, 6) is -0.920. The predicted molar refractivity (Wildman–Crippen MR) is 123 cm³/mol. The van der Waals surface area contributed by atoms with Crippen LogP contribution in [0.5, 0.6) is 0 Å². The van der Waals surface area contributed by atoms with E-state index < -0.39 is 5.97 Å². The number of nitrogens with zero attached hydrogens (tertiary/aromatic N) is 2. The lowest BCUT2D eigenvalue weighted by atomic mass is 10.1. The standard InChI is InChI=1S/C24H41N3O3/c1-26(2)20-22(19-24(29)30)25-23(28)15-11-6-4-5-7-12-17-27(3)18-16-21-13-9-8-10-14-21/h8-10,13-14,22H,4-7,11-12,15-20H2,1-3H3,(H,25,28)(H,29,30). The number of carboxylic acids is 1. The summed E-state index contributed by atoms with van der Waals surface area (Å²) < 4.78 is 0. The fourth-order valence-corrected chi connectivity index (χ4v) is 3.56. The normalized spacial score (nSPS) is 12.3. The van der Waals surface area contributed by atoms with Crippen LogP contribution in [-0.2, 0) is 16.0 Å². The van der Waals surface area contributed by atoms with Gasteiger partial charge in [0, 0.05) is 19.5 Å². The fraction of sp³-hybridized carbons (Fsp3) is 0.667. The van der Waals surface area contributed by atoms with Crippen LogP contribution < -0.4 is 5.32 Å². The Hall–Kier alpha value is -1.92. The fourth-order valence-electron chi connectivity index (χ4n) is 3.56. The molecule has 0 fully saturated rings. The molecule has 170 valence electrons. The summed E-state index contributed by atoms with van der Waals surface area (Å²) in [6, 6.07) is 10.3. The highest BCUT2D eigenvalue weighted by molar-refractivity contribution is 5.77. The summed E-state index contributed by atoms with van der Waals surface area (Å²) in [5.41, 5.74) is 1.39. The lowest BCUT2D eigenvalue weighted by Crippen LogP contribution is -2.42. The summed E-state index contributed by atoms with van der Waals surface area (Å²) in [7, 11) is 5.94. The molecular formula is C24H41N3O3. The molecule has 0 bridgehead atoms. The maximum Gasteiger partial charge on any atom is 0.305 e. The number of likely N-dealkylation sites (N-methyl/N-ethyl adjacent to an activating group) is 2. The first-order chi connectivity index (χ1) is 14.4. The zero-order valence-electron chi connectivity index (χ0n) is 19.1. The number of carboxylic acid groups (broad SMARTS) is 1. The molecule has 1 aromatic carbocycles. The van der Waals surface area contributed by atoms with Crippen LogP contribution in [-0.4, -0.2) is 73.6 Å². The van der Waals surface area contributed by atoms with Gasteiger partial charge in [0.1, 0.15) is 0 Å². The van der Waals surface area contributed by atoms with Crippen LogP contribution in [0.1, 0.15) is 56.9 Å². The van der Waals surface area contributed by atoms with Crippen LogP contribution in [0, 0.1) is 0 Å². The van der Waals surface area contributed by atoms with Crippen molar-refractivity contribution < 1.29 is 14.7 Å². The highest BCUT2D eigenvalue weighted by atomic mass is 16.4. The van der Waals surface area contributed by atoms with E-state index in [1.54, 1.807) is 0 Å². The number of aliphatic carboxylic acids is 1. The molecule has 1 rings (SSSR count). The van der Waals surface area contributed by atoms with Crippen LogP contribution >= 0.6 is 0 Å². The van der Waals surface area contributed by atoms with Gasteiger partial charge in [-0.25, -0.2) is 0 Å². The summed E-state index contributed by atoms with van der Waals surface area (Å²) in [6.07, 6.45) is 8.25. The first-order valence-electron chi connectivity index (χ1n) is 11.2. The lowest BCUT2D eigenvalue weighted by Gasteiger charge is -2.20. The average Bonchev–Trinajstić information content (AvgIpc) is 2.68. The minimum absolute atomic E-state index is 0.0380. The SMILES string of the molecule is CN(C)CC(CC(=O)O)NC(=O)CCCCCCCCN(C)CCc1ccccc1. The molecule has 0 saturated heterocycles. The van der Waals surface area contributed by atoms with Crippen LogP contribution in [0.2, 0.25) is 0 Å². The first kappa shape index (κ1) is 26.1. The second-order valence-corrected chi connectivity index (χ2v) is 8.53. The second-order valence-electron chi connectivity index (χ2n) is 8.53. The van der Waals surface area contributed by atoms with E-state index in [-0.39, 0.29) is 18.4 Å². The molecule has 1 amide bonds. The van der Waals surface area contributed by atoms with Gasteiger partial charge in [0.2, 0.25) is 5.91 Å². The molecule has 6 nitrogen and oxygen atoms in total. The van der Waals surface area contributed by atoms with Gasteiger partial charge in [-0.1, -0.05) is 56.0 Å². The van der Waals surface area contributed by atoms with Crippen LogP contribution in [0.3, 0.4) is 0 Å². The van der Waals surface area contributed by atoms with E-state index in [2.05, 4.69) is 47.6 Å². The van der Waals surface area contributed by atoms with E-state index in [0.29, 0.717) is 13.0 Å². The van der Waals surface area contributed by atoms with E-state index >= 15 is 0 Å². The smallest absolute Gasteiger partial charge is 0.305 e. The predicted octanol–water partition coefficient (Wildman–Crippen LogP) is 3.41. The van der Waals surface area contributed by atoms with Crippen molar-refractivity contribution in [1.29, 1.82) is 0 Å². The van der Waals surface area contributed by atoms with Crippen molar-refractivity contribution in [3.63, 3.8) is 0 Å². The quantitative estimate of drug-likeness (QED) is 0.379. The summed E-state index contributed by atoms with van der Waals surface area (Å²) in [6.45, 7) is 2.76. The highest BCUT2D eigenvalue weighted by Crippen LogP contribution is 2.09. The minimum atomic E-state index is -0.882. The summed E-state index contributed by atoms with van der Waals surface area (Å²) in [5, 5.41) is 11.8. The molecule has 0 aliphatic heterocycles. The molecule has 6 heteroatoms. The number of amides is 1. The van der Waals surface area contributed by atoms with Crippen LogP contribution in [0.4, 0.5) is 0 Å². The van der Waals surface area contributed by atoms with Gasteiger partial charge >= 0.3 is 5.97 Å². The van der Waals surface area contributed by atoms with Gasteiger partial charge in [0.25, 0.3) is 0 Å². The van der Waals surface area contributed by atoms with Gasteiger partial charge in [-0.3, -0.25) is 9.59 Å². The Labute approximate surface area is 182 Å². The van der Waals surface area contributed by atoms with Gasteiger partial charge in [-0.15, -0.1) is 0 Å². The first-order valence-corrected chi connectivity index (χ1v) is 11.2. The van der Waals surface area contributed by atoms with Crippen molar-refractivity contribution in [3.05, 3.63) is 35.9 Å². The van der Waals surface area contributed by atoms with Gasteiger partial charge in [0.05, 0.1) is 12.5 Å². The molecular weight excluding hydrogens is 378 g/mol. The molecule has 1 aromatic rings.